The highest BCUT2D eigenvalue weighted by molar-refractivity contribution is 7.91. The van der Waals surface area contributed by atoms with Gasteiger partial charge in [-0.15, -0.1) is 0 Å². The van der Waals surface area contributed by atoms with Crippen LogP contribution in [0.1, 0.15) is 44.7 Å². The second kappa shape index (κ2) is 9.21. The summed E-state index contributed by atoms with van der Waals surface area (Å²) in [7, 11) is -1.51. The fraction of sp³-hybridized carbons (Fsp3) is 0.579. The van der Waals surface area contributed by atoms with Gasteiger partial charge in [0.1, 0.15) is 5.75 Å². The van der Waals surface area contributed by atoms with E-state index in [1.54, 1.807) is 24.1 Å². The number of benzene rings is 1. The molecule has 0 spiro atoms. The van der Waals surface area contributed by atoms with Crippen molar-refractivity contribution in [3.8, 4) is 5.75 Å². The van der Waals surface area contributed by atoms with Crippen LogP contribution in [0.5, 0.6) is 5.75 Å². The molecule has 27 heavy (non-hydrogen) atoms. The standard InChI is InChI=1S/C19H28N2O5S/c1-4-10-21(16-9-11-27(24,25)13-16)19(23)12-18(20-14(2)22)15-5-7-17(26-3)8-6-15/h5-8,16,18H,4,9-13H2,1-3H3,(H,20,22)/t16-,18+/m0/s1. The molecule has 0 unspecified atom stereocenters. The predicted molar refractivity (Wildman–Crippen MR) is 103 cm³/mol. The highest BCUT2D eigenvalue weighted by Gasteiger charge is 2.35. The summed E-state index contributed by atoms with van der Waals surface area (Å²) in [5, 5.41) is 2.82. The van der Waals surface area contributed by atoms with Crippen LogP contribution < -0.4 is 10.1 Å². The first-order valence-corrected chi connectivity index (χ1v) is 11.0. The molecule has 0 aromatic heterocycles. The lowest BCUT2D eigenvalue weighted by Gasteiger charge is -2.30. The molecule has 1 fully saturated rings. The molecular weight excluding hydrogens is 368 g/mol. The van der Waals surface area contributed by atoms with Gasteiger partial charge in [-0.1, -0.05) is 19.1 Å². The van der Waals surface area contributed by atoms with Crippen LogP contribution in [-0.4, -0.2) is 56.3 Å². The van der Waals surface area contributed by atoms with E-state index >= 15 is 0 Å². The second-order valence-electron chi connectivity index (χ2n) is 6.87. The number of ether oxygens (including phenoxy) is 1. The number of hydrogen-bond donors (Lipinski definition) is 1. The summed E-state index contributed by atoms with van der Waals surface area (Å²) in [6, 6.07) is 6.44. The van der Waals surface area contributed by atoms with Crippen LogP contribution in [0.2, 0.25) is 0 Å². The Balaban J connectivity index is 2.17. The van der Waals surface area contributed by atoms with Gasteiger partial charge in [-0.2, -0.15) is 0 Å². The number of hydrogen-bond acceptors (Lipinski definition) is 5. The summed E-state index contributed by atoms with van der Waals surface area (Å²) in [4.78, 5) is 26.3. The van der Waals surface area contributed by atoms with Crippen LogP contribution in [-0.2, 0) is 19.4 Å². The van der Waals surface area contributed by atoms with Gasteiger partial charge >= 0.3 is 0 Å². The largest absolute Gasteiger partial charge is 0.497 e. The first-order chi connectivity index (χ1) is 12.8. The maximum Gasteiger partial charge on any atom is 0.225 e. The van der Waals surface area contributed by atoms with E-state index in [9.17, 15) is 18.0 Å². The lowest BCUT2D eigenvalue weighted by atomic mass is 10.0. The third kappa shape index (κ3) is 5.95. The third-order valence-corrected chi connectivity index (χ3v) is 6.46. The van der Waals surface area contributed by atoms with Gasteiger partial charge in [0.25, 0.3) is 0 Å². The van der Waals surface area contributed by atoms with Crippen molar-refractivity contribution in [2.24, 2.45) is 0 Å². The van der Waals surface area contributed by atoms with E-state index in [2.05, 4.69) is 5.32 Å². The van der Waals surface area contributed by atoms with Crippen molar-refractivity contribution in [1.29, 1.82) is 0 Å². The minimum Gasteiger partial charge on any atom is -0.497 e. The fourth-order valence-corrected chi connectivity index (χ4v) is 5.13. The number of methoxy groups -OCH3 is 1. The molecule has 0 aliphatic carbocycles. The molecule has 2 atom stereocenters. The number of nitrogens with one attached hydrogen (secondary N) is 1. The number of carbonyl (C=O) groups excluding carboxylic acids is 2. The van der Waals surface area contributed by atoms with Crippen LogP contribution in [0.25, 0.3) is 0 Å². The average Bonchev–Trinajstić information content (AvgIpc) is 2.98. The Morgan fingerprint density at radius 3 is 2.44 bits per heavy atom. The van der Waals surface area contributed by atoms with E-state index in [0.29, 0.717) is 18.7 Å². The van der Waals surface area contributed by atoms with E-state index in [4.69, 9.17) is 4.74 Å². The Kier molecular flexibility index (Phi) is 7.24. The van der Waals surface area contributed by atoms with Crippen molar-refractivity contribution in [2.45, 2.75) is 45.2 Å². The van der Waals surface area contributed by atoms with E-state index in [0.717, 1.165) is 12.0 Å². The second-order valence-corrected chi connectivity index (χ2v) is 9.10. The topological polar surface area (TPSA) is 92.8 Å². The number of amides is 2. The minimum absolute atomic E-state index is 0.0199. The first-order valence-electron chi connectivity index (χ1n) is 9.16. The summed E-state index contributed by atoms with van der Waals surface area (Å²) in [5.41, 5.74) is 0.801. The Labute approximate surface area is 161 Å². The SMILES string of the molecule is CCCN(C(=O)C[C@@H](NC(C)=O)c1ccc(OC)cc1)[C@H]1CCS(=O)(=O)C1. The van der Waals surface area contributed by atoms with Gasteiger partial charge in [0.05, 0.1) is 31.1 Å². The van der Waals surface area contributed by atoms with Crippen molar-refractivity contribution >= 4 is 21.7 Å². The Hall–Kier alpha value is -2.09. The lowest BCUT2D eigenvalue weighted by molar-refractivity contribution is -0.134. The number of nitrogens with zero attached hydrogens (tertiary/aromatic N) is 1. The molecule has 1 aromatic carbocycles. The van der Waals surface area contributed by atoms with Gasteiger partial charge in [-0.3, -0.25) is 9.59 Å². The zero-order chi connectivity index (χ0) is 20.0. The third-order valence-electron chi connectivity index (χ3n) is 4.71. The van der Waals surface area contributed by atoms with Crippen LogP contribution in [0, 0.1) is 0 Å². The molecule has 1 saturated heterocycles. The van der Waals surface area contributed by atoms with Crippen LogP contribution in [0.15, 0.2) is 24.3 Å². The highest BCUT2D eigenvalue weighted by atomic mass is 32.2. The molecule has 7 nitrogen and oxygen atoms in total. The monoisotopic (exact) mass is 396 g/mol. The molecule has 0 saturated carbocycles. The minimum atomic E-state index is -3.08. The van der Waals surface area contributed by atoms with Gasteiger partial charge in [0, 0.05) is 19.5 Å². The van der Waals surface area contributed by atoms with Gasteiger partial charge in [0.2, 0.25) is 11.8 Å². The molecule has 1 aliphatic rings. The van der Waals surface area contributed by atoms with Crippen molar-refractivity contribution in [2.75, 3.05) is 25.2 Å². The van der Waals surface area contributed by atoms with Gasteiger partial charge < -0.3 is 15.0 Å². The summed E-state index contributed by atoms with van der Waals surface area (Å²) in [6.45, 7) is 3.88. The molecule has 1 aliphatic heterocycles. The van der Waals surface area contributed by atoms with E-state index in [1.165, 1.54) is 6.92 Å². The molecule has 1 aromatic rings. The molecule has 1 N–H and O–H groups in total. The molecule has 0 radical (unpaired) electrons. The normalized spacial score (nSPS) is 19.3. The summed E-state index contributed by atoms with van der Waals surface area (Å²) >= 11 is 0. The quantitative estimate of drug-likeness (QED) is 0.722. The van der Waals surface area contributed by atoms with E-state index < -0.39 is 15.9 Å². The molecular formula is C19H28N2O5S. The van der Waals surface area contributed by atoms with E-state index in [1.807, 2.05) is 19.1 Å². The summed E-state index contributed by atoms with van der Waals surface area (Å²) in [5.74, 6) is 0.461. The Morgan fingerprint density at radius 2 is 1.96 bits per heavy atom. The van der Waals surface area contributed by atoms with Crippen molar-refractivity contribution in [1.82, 2.24) is 10.2 Å². The molecule has 150 valence electrons. The van der Waals surface area contributed by atoms with Gasteiger partial charge in [0.15, 0.2) is 9.84 Å². The number of sulfone groups is 1. The summed E-state index contributed by atoms with van der Waals surface area (Å²) in [6.07, 6.45) is 1.31. The average molecular weight is 397 g/mol. The van der Waals surface area contributed by atoms with Crippen molar-refractivity contribution in [3.05, 3.63) is 29.8 Å². The Bertz CT molecular complexity index is 761. The maximum atomic E-state index is 13.0. The molecule has 0 bridgehead atoms. The van der Waals surface area contributed by atoms with Crippen LogP contribution in [0.4, 0.5) is 0 Å². The molecule has 2 amide bonds. The predicted octanol–water partition coefficient (Wildman–Crippen LogP) is 1.69. The zero-order valence-corrected chi connectivity index (χ0v) is 16.9. The Morgan fingerprint density at radius 1 is 1.30 bits per heavy atom. The fourth-order valence-electron chi connectivity index (χ4n) is 3.40. The molecule has 8 heteroatoms. The first kappa shape index (κ1) is 21.2. The van der Waals surface area contributed by atoms with Crippen molar-refractivity contribution < 1.29 is 22.7 Å². The van der Waals surface area contributed by atoms with Gasteiger partial charge in [-0.05, 0) is 30.5 Å². The zero-order valence-electron chi connectivity index (χ0n) is 16.1. The van der Waals surface area contributed by atoms with E-state index in [-0.39, 0.29) is 35.8 Å². The molecule has 1 heterocycles. The number of rotatable bonds is 8. The van der Waals surface area contributed by atoms with Crippen molar-refractivity contribution in [3.63, 3.8) is 0 Å². The van der Waals surface area contributed by atoms with Crippen LogP contribution in [0.3, 0.4) is 0 Å². The smallest absolute Gasteiger partial charge is 0.225 e. The molecule has 2 rings (SSSR count). The number of carbonyl (C=O) groups is 2. The summed E-state index contributed by atoms with van der Waals surface area (Å²) < 4.78 is 28.8. The van der Waals surface area contributed by atoms with Gasteiger partial charge in [-0.25, -0.2) is 8.42 Å². The highest BCUT2D eigenvalue weighted by Crippen LogP contribution is 2.24. The van der Waals surface area contributed by atoms with Crippen LogP contribution >= 0.6 is 0 Å². The lowest BCUT2D eigenvalue weighted by Crippen LogP contribution is -2.43. The maximum absolute atomic E-state index is 13.0.